The third-order valence-electron chi connectivity index (χ3n) is 3.51. The molecular weight excluding hydrogens is 241 g/mol. The summed E-state index contributed by atoms with van der Waals surface area (Å²) in [7, 11) is 1.72. The summed E-state index contributed by atoms with van der Waals surface area (Å²) in [5, 5.41) is 3.50. The number of hydrogen-bond donors (Lipinski definition) is 1. The number of methoxy groups -OCH3 is 1. The molecule has 1 aromatic rings. The number of ether oxygens (including phenoxy) is 1. The minimum atomic E-state index is -0.232. The van der Waals surface area contributed by atoms with E-state index in [1.54, 1.807) is 13.2 Å². The van der Waals surface area contributed by atoms with Crippen molar-refractivity contribution in [1.29, 1.82) is 0 Å². The van der Waals surface area contributed by atoms with Gasteiger partial charge in [-0.2, -0.15) is 0 Å². The van der Waals surface area contributed by atoms with Crippen LogP contribution < -0.4 is 5.32 Å². The van der Waals surface area contributed by atoms with Crippen LogP contribution in [-0.4, -0.2) is 19.3 Å². The second-order valence-corrected chi connectivity index (χ2v) is 5.68. The van der Waals surface area contributed by atoms with Crippen molar-refractivity contribution in [2.45, 2.75) is 52.2 Å². The number of hydrogen-bond acceptors (Lipinski definition) is 2. The molecule has 0 aromatic heterocycles. The Bertz CT molecular complexity index is 404. The van der Waals surface area contributed by atoms with E-state index >= 15 is 0 Å². The summed E-state index contributed by atoms with van der Waals surface area (Å²) in [5.41, 5.74) is 1.91. The standard InChI is InChI=1S/C16H26FNO/c1-6-9-18-15(11-16(3,4)19-5)14-10-13(17)8-7-12(14)2/h7-8,10,15,18H,6,9,11H2,1-5H3. The number of aryl methyl sites for hydroxylation is 1. The normalized spacial score (nSPS) is 13.6. The highest BCUT2D eigenvalue weighted by molar-refractivity contribution is 5.30. The summed E-state index contributed by atoms with van der Waals surface area (Å²) in [5.74, 6) is -0.181. The Kier molecular flexibility index (Phi) is 5.95. The quantitative estimate of drug-likeness (QED) is 0.806. The summed E-state index contributed by atoms with van der Waals surface area (Å²) in [6.07, 6.45) is 1.87. The van der Waals surface area contributed by atoms with Gasteiger partial charge in [0.25, 0.3) is 0 Å². The first-order chi connectivity index (χ1) is 8.89. The SMILES string of the molecule is CCCNC(CC(C)(C)OC)c1cc(F)ccc1C. The Hall–Kier alpha value is -0.930. The van der Waals surface area contributed by atoms with Crippen molar-refractivity contribution >= 4 is 0 Å². The maximum atomic E-state index is 13.5. The summed E-state index contributed by atoms with van der Waals surface area (Å²) in [6, 6.07) is 5.10. The van der Waals surface area contributed by atoms with Crippen LogP contribution in [0.15, 0.2) is 18.2 Å². The average molecular weight is 267 g/mol. The molecule has 0 bridgehead atoms. The third-order valence-corrected chi connectivity index (χ3v) is 3.51. The molecule has 19 heavy (non-hydrogen) atoms. The number of nitrogens with one attached hydrogen (secondary N) is 1. The lowest BCUT2D eigenvalue weighted by Crippen LogP contribution is -2.32. The van der Waals surface area contributed by atoms with E-state index in [0.717, 1.165) is 30.5 Å². The van der Waals surface area contributed by atoms with Crippen LogP contribution in [0.3, 0.4) is 0 Å². The lowest BCUT2D eigenvalue weighted by atomic mass is 9.91. The van der Waals surface area contributed by atoms with Crippen LogP contribution in [0.2, 0.25) is 0 Å². The molecule has 0 radical (unpaired) electrons. The van der Waals surface area contributed by atoms with Crippen LogP contribution in [0, 0.1) is 12.7 Å². The Morgan fingerprint density at radius 1 is 1.37 bits per heavy atom. The first-order valence-electron chi connectivity index (χ1n) is 6.94. The highest BCUT2D eigenvalue weighted by Gasteiger charge is 2.24. The maximum absolute atomic E-state index is 13.5. The molecule has 0 spiro atoms. The largest absolute Gasteiger partial charge is 0.379 e. The van der Waals surface area contributed by atoms with Crippen molar-refractivity contribution in [3.63, 3.8) is 0 Å². The predicted octanol–water partition coefficient (Wildman–Crippen LogP) is 3.99. The zero-order chi connectivity index (χ0) is 14.5. The van der Waals surface area contributed by atoms with Crippen LogP contribution >= 0.6 is 0 Å². The average Bonchev–Trinajstić information content (AvgIpc) is 2.37. The topological polar surface area (TPSA) is 21.3 Å². The van der Waals surface area contributed by atoms with Crippen molar-refractivity contribution < 1.29 is 9.13 Å². The molecule has 0 amide bonds. The molecule has 3 heteroatoms. The van der Waals surface area contributed by atoms with E-state index in [4.69, 9.17) is 4.74 Å². The molecule has 108 valence electrons. The molecule has 0 aliphatic heterocycles. The van der Waals surface area contributed by atoms with Gasteiger partial charge in [-0.05, 0) is 63.4 Å². The fourth-order valence-corrected chi connectivity index (χ4v) is 2.17. The third kappa shape index (κ3) is 4.92. The van der Waals surface area contributed by atoms with E-state index in [1.807, 2.05) is 13.0 Å². The Morgan fingerprint density at radius 2 is 2.05 bits per heavy atom. The molecule has 0 saturated heterocycles. The van der Waals surface area contributed by atoms with E-state index < -0.39 is 0 Å². The lowest BCUT2D eigenvalue weighted by Gasteiger charge is -2.30. The highest BCUT2D eigenvalue weighted by Crippen LogP contribution is 2.28. The maximum Gasteiger partial charge on any atom is 0.123 e. The zero-order valence-corrected chi connectivity index (χ0v) is 12.7. The van der Waals surface area contributed by atoms with Crippen molar-refractivity contribution in [1.82, 2.24) is 5.32 Å². The lowest BCUT2D eigenvalue weighted by molar-refractivity contribution is 0.00678. The van der Waals surface area contributed by atoms with Crippen molar-refractivity contribution in [3.8, 4) is 0 Å². The van der Waals surface area contributed by atoms with Crippen LogP contribution in [-0.2, 0) is 4.74 Å². The number of benzene rings is 1. The Balaban J connectivity index is 2.98. The summed E-state index contributed by atoms with van der Waals surface area (Å²) in [4.78, 5) is 0. The number of halogens is 1. The molecule has 0 saturated carbocycles. The summed E-state index contributed by atoms with van der Waals surface area (Å²) < 4.78 is 19.0. The molecule has 1 atom stereocenters. The Morgan fingerprint density at radius 3 is 2.63 bits per heavy atom. The van der Waals surface area contributed by atoms with Gasteiger partial charge in [-0.3, -0.25) is 0 Å². The summed E-state index contributed by atoms with van der Waals surface area (Å²) in [6.45, 7) is 9.18. The first-order valence-corrected chi connectivity index (χ1v) is 6.94. The van der Waals surface area contributed by atoms with Gasteiger partial charge in [-0.25, -0.2) is 4.39 Å². The van der Waals surface area contributed by atoms with E-state index in [-0.39, 0.29) is 17.5 Å². The van der Waals surface area contributed by atoms with Crippen molar-refractivity contribution in [2.24, 2.45) is 0 Å². The molecule has 0 aliphatic rings. The molecule has 0 fully saturated rings. The van der Waals surface area contributed by atoms with Gasteiger partial charge in [-0.15, -0.1) is 0 Å². The molecule has 0 aliphatic carbocycles. The minimum Gasteiger partial charge on any atom is -0.379 e. The van der Waals surface area contributed by atoms with E-state index in [0.29, 0.717) is 0 Å². The van der Waals surface area contributed by atoms with Crippen molar-refractivity contribution in [2.75, 3.05) is 13.7 Å². The smallest absolute Gasteiger partial charge is 0.123 e. The zero-order valence-electron chi connectivity index (χ0n) is 12.7. The Labute approximate surface area is 116 Å². The molecular formula is C16H26FNO. The molecule has 0 heterocycles. The van der Waals surface area contributed by atoms with Gasteiger partial charge in [0.1, 0.15) is 5.82 Å². The fraction of sp³-hybridized carbons (Fsp3) is 0.625. The number of rotatable bonds is 7. The van der Waals surface area contributed by atoms with Gasteiger partial charge in [0.2, 0.25) is 0 Å². The van der Waals surface area contributed by atoms with Crippen LogP contribution in [0.25, 0.3) is 0 Å². The van der Waals surface area contributed by atoms with Crippen LogP contribution in [0.5, 0.6) is 0 Å². The van der Waals surface area contributed by atoms with Crippen LogP contribution in [0.1, 0.15) is 50.8 Å². The molecule has 2 nitrogen and oxygen atoms in total. The van der Waals surface area contributed by atoms with Crippen molar-refractivity contribution in [3.05, 3.63) is 35.1 Å². The first kappa shape index (κ1) is 16.1. The second-order valence-electron chi connectivity index (χ2n) is 5.68. The van der Waals surface area contributed by atoms with E-state index in [1.165, 1.54) is 6.07 Å². The van der Waals surface area contributed by atoms with Gasteiger partial charge in [-0.1, -0.05) is 13.0 Å². The van der Waals surface area contributed by atoms with Gasteiger partial charge in [0.15, 0.2) is 0 Å². The molecule has 1 unspecified atom stereocenters. The van der Waals surface area contributed by atoms with E-state index in [2.05, 4.69) is 26.1 Å². The molecule has 1 N–H and O–H groups in total. The molecule has 1 rings (SSSR count). The predicted molar refractivity (Wildman–Crippen MR) is 77.9 cm³/mol. The molecule has 1 aromatic carbocycles. The van der Waals surface area contributed by atoms with Gasteiger partial charge < -0.3 is 10.1 Å². The highest BCUT2D eigenvalue weighted by atomic mass is 19.1. The van der Waals surface area contributed by atoms with E-state index in [9.17, 15) is 4.39 Å². The second kappa shape index (κ2) is 7.01. The monoisotopic (exact) mass is 267 g/mol. The van der Waals surface area contributed by atoms with Gasteiger partial charge in [0, 0.05) is 13.2 Å². The van der Waals surface area contributed by atoms with Gasteiger partial charge in [0.05, 0.1) is 5.60 Å². The fourth-order valence-electron chi connectivity index (χ4n) is 2.17. The van der Waals surface area contributed by atoms with Crippen LogP contribution in [0.4, 0.5) is 4.39 Å². The minimum absolute atomic E-state index is 0.116. The summed E-state index contributed by atoms with van der Waals surface area (Å²) >= 11 is 0. The van der Waals surface area contributed by atoms with Gasteiger partial charge >= 0.3 is 0 Å².